The summed E-state index contributed by atoms with van der Waals surface area (Å²) in [7, 11) is 0. The SMILES string of the molecule is CCOc1cc(C=C2C(=N)N3N=C(C)SC3=NC2=O)ccc1OCCOc1cc(C)ccc1C. The number of aryl methyl sites for hydroxylation is 2. The molecule has 0 unspecified atom stereocenters. The van der Waals surface area contributed by atoms with Crippen molar-refractivity contribution in [3.63, 3.8) is 0 Å². The van der Waals surface area contributed by atoms with Crippen LogP contribution in [0.2, 0.25) is 0 Å². The minimum atomic E-state index is -0.462. The molecule has 9 heteroatoms. The zero-order chi connectivity index (χ0) is 24.2. The van der Waals surface area contributed by atoms with E-state index in [1.807, 2.05) is 45.9 Å². The van der Waals surface area contributed by atoms with Crippen LogP contribution in [0.1, 0.15) is 30.5 Å². The molecule has 2 aromatic rings. The largest absolute Gasteiger partial charge is 0.490 e. The smallest absolute Gasteiger partial charge is 0.283 e. The average molecular weight is 479 g/mol. The summed E-state index contributed by atoms with van der Waals surface area (Å²) in [6.07, 6.45) is 1.62. The van der Waals surface area contributed by atoms with E-state index in [1.54, 1.807) is 18.2 Å². The number of rotatable bonds is 8. The predicted molar refractivity (Wildman–Crippen MR) is 135 cm³/mol. The summed E-state index contributed by atoms with van der Waals surface area (Å²) in [4.78, 5) is 16.6. The minimum Gasteiger partial charge on any atom is -0.490 e. The van der Waals surface area contributed by atoms with E-state index in [0.717, 1.165) is 21.9 Å². The summed E-state index contributed by atoms with van der Waals surface area (Å²) in [6.45, 7) is 8.93. The molecular weight excluding hydrogens is 452 g/mol. The summed E-state index contributed by atoms with van der Waals surface area (Å²) in [5, 5.41) is 15.2. The van der Waals surface area contributed by atoms with E-state index in [2.05, 4.69) is 16.2 Å². The number of thioether (sulfide) groups is 1. The number of nitrogens with zero attached hydrogens (tertiary/aromatic N) is 3. The first-order valence-electron chi connectivity index (χ1n) is 10.9. The number of ether oxygens (including phenoxy) is 3. The van der Waals surface area contributed by atoms with E-state index in [1.165, 1.54) is 16.8 Å². The molecule has 0 aromatic heterocycles. The van der Waals surface area contributed by atoms with Gasteiger partial charge in [0.2, 0.25) is 5.17 Å². The van der Waals surface area contributed by atoms with Crippen molar-refractivity contribution in [1.29, 1.82) is 5.41 Å². The highest BCUT2D eigenvalue weighted by atomic mass is 32.2. The van der Waals surface area contributed by atoms with Gasteiger partial charge in [-0.05, 0) is 80.4 Å². The van der Waals surface area contributed by atoms with E-state index in [0.29, 0.717) is 42.1 Å². The third kappa shape index (κ3) is 5.14. The number of hydrazone groups is 1. The normalized spacial score (nSPS) is 16.4. The molecule has 0 aliphatic carbocycles. The number of amides is 1. The molecule has 1 N–H and O–H groups in total. The predicted octanol–water partition coefficient (Wildman–Crippen LogP) is 4.80. The molecular formula is C25H26N4O4S. The van der Waals surface area contributed by atoms with Crippen molar-refractivity contribution < 1.29 is 19.0 Å². The molecule has 0 spiro atoms. The van der Waals surface area contributed by atoms with Gasteiger partial charge in [-0.15, -0.1) is 0 Å². The number of nitrogens with one attached hydrogen (secondary N) is 1. The van der Waals surface area contributed by atoms with Crippen LogP contribution in [0, 0.1) is 19.3 Å². The second kappa shape index (κ2) is 10.1. The molecule has 2 heterocycles. The molecule has 0 saturated carbocycles. The van der Waals surface area contributed by atoms with Gasteiger partial charge < -0.3 is 14.2 Å². The molecule has 0 atom stereocenters. The van der Waals surface area contributed by atoms with Crippen molar-refractivity contribution in [1.82, 2.24) is 5.01 Å². The lowest BCUT2D eigenvalue weighted by Gasteiger charge is -2.20. The van der Waals surface area contributed by atoms with Crippen LogP contribution < -0.4 is 14.2 Å². The third-order valence-electron chi connectivity index (χ3n) is 5.08. The molecule has 2 aliphatic rings. The second-order valence-electron chi connectivity index (χ2n) is 7.74. The summed E-state index contributed by atoms with van der Waals surface area (Å²) < 4.78 is 17.5. The van der Waals surface area contributed by atoms with Crippen LogP contribution in [0.5, 0.6) is 17.2 Å². The minimum absolute atomic E-state index is 0.00114. The number of carbonyl (C=O) groups excluding carboxylic acids is 1. The fraction of sp³-hybridized carbons (Fsp3) is 0.280. The summed E-state index contributed by atoms with van der Waals surface area (Å²) in [5.41, 5.74) is 3.08. The van der Waals surface area contributed by atoms with Gasteiger partial charge in [-0.3, -0.25) is 10.2 Å². The van der Waals surface area contributed by atoms with Crippen LogP contribution in [-0.4, -0.2) is 46.8 Å². The van der Waals surface area contributed by atoms with Crippen molar-refractivity contribution in [2.24, 2.45) is 10.1 Å². The first kappa shape index (κ1) is 23.6. The van der Waals surface area contributed by atoms with Gasteiger partial charge in [0.05, 0.1) is 17.2 Å². The number of benzene rings is 2. The monoisotopic (exact) mass is 478 g/mol. The molecule has 34 heavy (non-hydrogen) atoms. The topological polar surface area (TPSA) is 96.6 Å². The van der Waals surface area contributed by atoms with Gasteiger partial charge in [-0.25, -0.2) is 0 Å². The van der Waals surface area contributed by atoms with Crippen molar-refractivity contribution in [2.75, 3.05) is 19.8 Å². The Kier molecular flexibility index (Phi) is 7.02. The van der Waals surface area contributed by atoms with E-state index in [-0.39, 0.29) is 11.4 Å². The molecule has 1 amide bonds. The highest BCUT2D eigenvalue weighted by molar-refractivity contribution is 8.26. The molecule has 0 radical (unpaired) electrons. The maximum Gasteiger partial charge on any atom is 0.283 e. The molecule has 0 fully saturated rings. The first-order chi connectivity index (χ1) is 16.4. The summed E-state index contributed by atoms with van der Waals surface area (Å²) in [5.74, 6) is 1.51. The Bertz CT molecular complexity index is 1240. The van der Waals surface area contributed by atoms with Crippen LogP contribution in [0.3, 0.4) is 0 Å². The zero-order valence-corrected chi connectivity index (χ0v) is 20.4. The number of aliphatic imine (C=N–C) groups is 1. The van der Waals surface area contributed by atoms with Crippen LogP contribution in [0.15, 0.2) is 52.1 Å². The van der Waals surface area contributed by atoms with Gasteiger partial charge in [0.1, 0.15) is 19.0 Å². The Balaban J connectivity index is 1.46. The van der Waals surface area contributed by atoms with Crippen LogP contribution in [-0.2, 0) is 4.79 Å². The molecule has 176 valence electrons. The number of amidine groups is 2. The summed E-state index contributed by atoms with van der Waals surface area (Å²) in [6, 6.07) is 11.5. The Hall–Kier alpha value is -3.59. The second-order valence-corrected chi connectivity index (χ2v) is 8.90. The molecule has 4 rings (SSSR count). The van der Waals surface area contributed by atoms with Crippen molar-refractivity contribution >= 4 is 39.8 Å². The average Bonchev–Trinajstić information content (AvgIpc) is 3.18. The van der Waals surface area contributed by atoms with Gasteiger partial charge in [-0.1, -0.05) is 18.2 Å². The van der Waals surface area contributed by atoms with Crippen LogP contribution in [0.4, 0.5) is 0 Å². The molecule has 2 aliphatic heterocycles. The van der Waals surface area contributed by atoms with Gasteiger partial charge in [0, 0.05) is 0 Å². The Morgan fingerprint density at radius 1 is 1.00 bits per heavy atom. The highest BCUT2D eigenvalue weighted by Gasteiger charge is 2.34. The third-order valence-corrected chi connectivity index (χ3v) is 5.90. The summed E-state index contributed by atoms with van der Waals surface area (Å²) >= 11 is 1.28. The highest BCUT2D eigenvalue weighted by Crippen LogP contribution is 2.32. The van der Waals surface area contributed by atoms with Crippen LogP contribution in [0.25, 0.3) is 6.08 Å². The standard InChI is InChI=1S/C25H26N4O4S/c1-5-31-22-14-18(13-19-23(26)29-25(27-24(19)30)34-17(4)28-29)8-9-20(22)32-10-11-33-21-12-15(2)6-7-16(21)3/h6-9,12-14,26H,5,10-11H2,1-4H3. The van der Waals surface area contributed by atoms with Crippen molar-refractivity contribution in [3.05, 3.63) is 58.7 Å². The maximum atomic E-state index is 12.5. The molecule has 2 aromatic carbocycles. The van der Waals surface area contributed by atoms with Gasteiger partial charge in [0.25, 0.3) is 5.91 Å². The molecule has 8 nitrogen and oxygen atoms in total. The van der Waals surface area contributed by atoms with E-state index in [4.69, 9.17) is 19.6 Å². The molecule has 0 saturated heterocycles. The lowest BCUT2D eigenvalue weighted by molar-refractivity contribution is -0.114. The quantitative estimate of drug-likeness (QED) is 0.432. The Labute approximate surface area is 202 Å². The fourth-order valence-electron chi connectivity index (χ4n) is 3.42. The number of hydrogen-bond donors (Lipinski definition) is 1. The van der Waals surface area contributed by atoms with E-state index >= 15 is 0 Å². The molecule has 0 bridgehead atoms. The van der Waals surface area contributed by atoms with E-state index in [9.17, 15) is 4.79 Å². The Morgan fingerprint density at radius 3 is 2.53 bits per heavy atom. The zero-order valence-electron chi connectivity index (χ0n) is 19.5. The lowest BCUT2D eigenvalue weighted by atomic mass is 10.1. The lowest BCUT2D eigenvalue weighted by Crippen LogP contribution is -2.35. The fourth-order valence-corrected chi connectivity index (χ4v) is 4.16. The number of carbonyl (C=O) groups is 1. The maximum absolute atomic E-state index is 12.5. The Morgan fingerprint density at radius 2 is 1.76 bits per heavy atom. The first-order valence-corrected chi connectivity index (χ1v) is 11.7. The van der Waals surface area contributed by atoms with Gasteiger partial charge >= 0.3 is 0 Å². The van der Waals surface area contributed by atoms with Gasteiger partial charge in [0.15, 0.2) is 17.3 Å². The number of fused-ring (bicyclic) bond motifs is 1. The van der Waals surface area contributed by atoms with Crippen molar-refractivity contribution in [2.45, 2.75) is 27.7 Å². The number of hydrogen-bond acceptors (Lipinski definition) is 7. The van der Waals surface area contributed by atoms with Gasteiger partial charge in [-0.2, -0.15) is 15.1 Å². The van der Waals surface area contributed by atoms with Crippen LogP contribution >= 0.6 is 11.8 Å². The van der Waals surface area contributed by atoms with Crippen molar-refractivity contribution in [3.8, 4) is 17.2 Å². The van der Waals surface area contributed by atoms with E-state index < -0.39 is 5.91 Å².